The summed E-state index contributed by atoms with van der Waals surface area (Å²) in [6.07, 6.45) is 1.86. The number of nitrogens with zero attached hydrogens (tertiary/aromatic N) is 1. The van der Waals surface area contributed by atoms with Crippen LogP contribution in [0.1, 0.15) is 24.3 Å². The molecule has 0 radical (unpaired) electrons. The Balaban J connectivity index is 1.83. The fourth-order valence-electron chi connectivity index (χ4n) is 1.46. The maximum Gasteiger partial charge on any atom is 0.213 e. The molecule has 0 spiro atoms. The second-order valence-corrected chi connectivity index (χ2v) is 5.44. The number of hydrogen-bond donors (Lipinski definition) is 1. The van der Waals surface area contributed by atoms with E-state index in [2.05, 4.69) is 30.2 Å². The van der Waals surface area contributed by atoms with Crippen molar-refractivity contribution in [1.82, 2.24) is 10.3 Å². The molecule has 0 bridgehead atoms. The van der Waals surface area contributed by atoms with Gasteiger partial charge in [0.25, 0.3) is 0 Å². The van der Waals surface area contributed by atoms with Gasteiger partial charge in [-0.2, -0.15) is 0 Å². The summed E-state index contributed by atoms with van der Waals surface area (Å²) in [6, 6.07) is 8.54. The van der Waals surface area contributed by atoms with Crippen LogP contribution in [0.3, 0.4) is 0 Å². The molecule has 2 rings (SSSR count). The zero-order chi connectivity index (χ0) is 12.8. The van der Waals surface area contributed by atoms with Gasteiger partial charge in [0.05, 0.1) is 0 Å². The Bertz CT molecular complexity index is 451. The van der Waals surface area contributed by atoms with E-state index in [9.17, 15) is 0 Å². The van der Waals surface area contributed by atoms with Gasteiger partial charge in [-0.1, -0.05) is 26.0 Å². The number of hydrogen-bond acceptors (Lipinski definition) is 4. The lowest BCUT2D eigenvalue weighted by Crippen LogP contribution is -2.21. The quantitative estimate of drug-likeness (QED) is 0.868. The van der Waals surface area contributed by atoms with Crippen molar-refractivity contribution in [2.24, 2.45) is 0 Å². The smallest absolute Gasteiger partial charge is 0.213 e. The Morgan fingerprint density at radius 1 is 1.33 bits per heavy atom. The minimum absolute atomic E-state index is 0.486. The Morgan fingerprint density at radius 3 is 2.83 bits per heavy atom. The van der Waals surface area contributed by atoms with Crippen molar-refractivity contribution in [2.75, 3.05) is 0 Å². The van der Waals surface area contributed by atoms with Gasteiger partial charge in [-0.15, -0.1) is 11.3 Å². The van der Waals surface area contributed by atoms with Crippen LogP contribution in [0, 0.1) is 0 Å². The van der Waals surface area contributed by atoms with Gasteiger partial charge >= 0.3 is 0 Å². The molecule has 0 amide bonds. The Labute approximate surface area is 112 Å². The maximum atomic E-state index is 5.61. The highest BCUT2D eigenvalue weighted by molar-refractivity contribution is 7.09. The Morgan fingerprint density at radius 2 is 2.22 bits per heavy atom. The second-order valence-electron chi connectivity index (χ2n) is 4.41. The molecular weight excluding hydrogens is 244 g/mol. The number of nitrogens with one attached hydrogen (secondary N) is 1. The molecule has 0 aliphatic rings. The molecule has 2 aromatic heterocycles. The molecule has 0 aromatic carbocycles. The molecule has 4 heteroatoms. The molecule has 3 nitrogen and oxygen atoms in total. The van der Waals surface area contributed by atoms with E-state index in [0.717, 1.165) is 6.54 Å². The molecule has 0 fully saturated rings. The molecule has 0 aliphatic heterocycles. The van der Waals surface area contributed by atoms with Crippen molar-refractivity contribution in [3.63, 3.8) is 0 Å². The largest absolute Gasteiger partial charge is 0.472 e. The maximum absolute atomic E-state index is 5.61. The lowest BCUT2D eigenvalue weighted by atomic mass is 10.2. The van der Waals surface area contributed by atoms with Gasteiger partial charge in [-0.3, -0.25) is 0 Å². The van der Waals surface area contributed by atoms with Crippen molar-refractivity contribution in [2.45, 2.75) is 33.0 Å². The van der Waals surface area contributed by atoms with Crippen LogP contribution in [0.2, 0.25) is 0 Å². The highest BCUT2D eigenvalue weighted by Gasteiger charge is 1.99. The third kappa shape index (κ3) is 4.13. The molecule has 18 heavy (non-hydrogen) atoms. The van der Waals surface area contributed by atoms with Crippen LogP contribution in [0.25, 0.3) is 0 Å². The van der Waals surface area contributed by atoms with Gasteiger partial charge < -0.3 is 10.1 Å². The topological polar surface area (TPSA) is 34.1 Å². The third-order valence-electron chi connectivity index (χ3n) is 2.45. The second kappa shape index (κ2) is 6.52. The SMILES string of the molecule is CC(C)NCc1ccc(OCc2cccs2)nc1. The average molecular weight is 262 g/mol. The van der Waals surface area contributed by atoms with Crippen LogP contribution in [0.4, 0.5) is 0 Å². The van der Waals surface area contributed by atoms with Crippen LogP contribution in [-0.2, 0) is 13.2 Å². The van der Waals surface area contributed by atoms with Gasteiger partial charge in [0.1, 0.15) is 6.61 Å². The Hall–Kier alpha value is -1.39. The van der Waals surface area contributed by atoms with Crippen LogP contribution in [0.15, 0.2) is 35.8 Å². The molecule has 2 aromatic rings. The molecule has 0 saturated heterocycles. The standard InChI is InChI=1S/C14H18N2OS/c1-11(2)15-8-12-5-6-14(16-9-12)17-10-13-4-3-7-18-13/h3-7,9,11,15H,8,10H2,1-2H3. The van der Waals surface area contributed by atoms with E-state index in [1.54, 1.807) is 11.3 Å². The van der Waals surface area contributed by atoms with Crippen LogP contribution < -0.4 is 10.1 Å². The minimum Gasteiger partial charge on any atom is -0.472 e. The lowest BCUT2D eigenvalue weighted by molar-refractivity contribution is 0.297. The van der Waals surface area contributed by atoms with Crippen molar-refractivity contribution < 1.29 is 4.74 Å². The first-order valence-corrected chi connectivity index (χ1v) is 6.95. The fraction of sp³-hybridized carbons (Fsp3) is 0.357. The normalized spacial score (nSPS) is 10.8. The summed E-state index contributed by atoms with van der Waals surface area (Å²) in [5.74, 6) is 0.677. The van der Waals surface area contributed by atoms with Crippen LogP contribution >= 0.6 is 11.3 Å². The van der Waals surface area contributed by atoms with E-state index in [1.165, 1.54) is 10.4 Å². The summed E-state index contributed by atoms with van der Waals surface area (Å²) in [5.41, 5.74) is 1.17. The van der Waals surface area contributed by atoms with Crippen molar-refractivity contribution in [3.05, 3.63) is 46.3 Å². The number of pyridine rings is 1. The van der Waals surface area contributed by atoms with E-state index >= 15 is 0 Å². The first-order chi connectivity index (χ1) is 8.74. The highest BCUT2D eigenvalue weighted by atomic mass is 32.1. The zero-order valence-corrected chi connectivity index (χ0v) is 11.5. The zero-order valence-electron chi connectivity index (χ0n) is 10.7. The number of thiophene rings is 1. The molecule has 0 unspecified atom stereocenters. The summed E-state index contributed by atoms with van der Waals surface area (Å²) >= 11 is 1.69. The van der Waals surface area contributed by atoms with E-state index < -0.39 is 0 Å². The molecule has 0 aliphatic carbocycles. The van der Waals surface area contributed by atoms with Gasteiger partial charge in [-0.25, -0.2) is 4.98 Å². The molecule has 0 atom stereocenters. The average Bonchev–Trinajstić information content (AvgIpc) is 2.88. The number of rotatable bonds is 6. The highest BCUT2D eigenvalue weighted by Crippen LogP contribution is 2.13. The minimum atomic E-state index is 0.486. The van der Waals surface area contributed by atoms with Crippen LogP contribution in [0.5, 0.6) is 5.88 Å². The first kappa shape index (κ1) is 13.1. The summed E-state index contributed by atoms with van der Waals surface area (Å²) in [6.45, 7) is 5.70. The molecule has 0 saturated carbocycles. The number of ether oxygens (including phenoxy) is 1. The van der Waals surface area contributed by atoms with Crippen LogP contribution in [-0.4, -0.2) is 11.0 Å². The van der Waals surface area contributed by atoms with Gasteiger partial charge in [0.15, 0.2) is 0 Å². The van der Waals surface area contributed by atoms with Crippen molar-refractivity contribution in [1.29, 1.82) is 0 Å². The first-order valence-electron chi connectivity index (χ1n) is 6.07. The summed E-state index contributed by atoms with van der Waals surface area (Å²) < 4.78 is 5.61. The molecule has 96 valence electrons. The summed E-state index contributed by atoms with van der Waals surface area (Å²) in [7, 11) is 0. The molecule has 1 N–H and O–H groups in total. The Kier molecular flexibility index (Phi) is 4.73. The monoisotopic (exact) mass is 262 g/mol. The third-order valence-corrected chi connectivity index (χ3v) is 3.30. The summed E-state index contributed by atoms with van der Waals surface area (Å²) in [5, 5.41) is 5.40. The fourth-order valence-corrected chi connectivity index (χ4v) is 2.08. The summed E-state index contributed by atoms with van der Waals surface area (Å²) in [4.78, 5) is 5.51. The van der Waals surface area contributed by atoms with E-state index in [-0.39, 0.29) is 0 Å². The van der Waals surface area contributed by atoms with E-state index in [0.29, 0.717) is 18.5 Å². The van der Waals surface area contributed by atoms with Crippen molar-refractivity contribution in [3.8, 4) is 5.88 Å². The van der Waals surface area contributed by atoms with E-state index in [4.69, 9.17) is 4.74 Å². The van der Waals surface area contributed by atoms with Gasteiger partial charge in [-0.05, 0) is 17.0 Å². The van der Waals surface area contributed by atoms with Gasteiger partial charge in [0, 0.05) is 29.7 Å². The van der Waals surface area contributed by atoms with E-state index in [1.807, 2.05) is 29.8 Å². The van der Waals surface area contributed by atoms with Gasteiger partial charge in [0.2, 0.25) is 5.88 Å². The number of aromatic nitrogens is 1. The van der Waals surface area contributed by atoms with Crippen molar-refractivity contribution >= 4 is 11.3 Å². The molecular formula is C14H18N2OS. The molecule has 2 heterocycles. The predicted octanol–water partition coefficient (Wildman–Crippen LogP) is 3.22. The lowest BCUT2D eigenvalue weighted by Gasteiger charge is -2.08. The predicted molar refractivity (Wildman–Crippen MR) is 74.9 cm³/mol.